The van der Waals surface area contributed by atoms with Gasteiger partial charge in [0.15, 0.2) is 0 Å². The van der Waals surface area contributed by atoms with Crippen molar-refractivity contribution in [3.63, 3.8) is 0 Å². The molecular weight excluding hydrogens is 508 g/mol. The highest BCUT2D eigenvalue weighted by Crippen LogP contribution is 2.57. The predicted octanol–water partition coefficient (Wildman–Crippen LogP) is 5.53. The number of ether oxygens (including phenoxy) is 5. The largest absolute Gasteiger partial charge is 0.461 e. The SMILES string of the molecule is CC1(C)OC1CCC1(C)OC1CCC12CC(C(=O)OCc3ccccc3)C(C(=O)OCc3ccccc3)CC1O2. The highest BCUT2D eigenvalue weighted by Gasteiger charge is 2.65. The van der Waals surface area contributed by atoms with Gasteiger partial charge in [0.2, 0.25) is 0 Å². The smallest absolute Gasteiger partial charge is 0.310 e. The molecule has 4 aliphatic rings. The summed E-state index contributed by atoms with van der Waals surface area (Å²) in [5.41, 5.74) is 1.31. The molecule has 1 saturated carbocycles. The van der Waals surface area contributed by atoms with Gasteiger partial charge in [0, 0.05) is 0 Å². The Kier molecular flexibility index (Phi) is 7.26. The van der Waals surface area contributed by atoms with E-state index in [1.54, 1.807) is 0 Å². The Morgan fingerprint density at radius 3 is 1.88 bits per heavy atom. The van der Waals surface area contributed by atoms with Crippen LogP contribution in [0, 0.1) is 11.8 Å². The summed E-state index contributed by atoms with van der Waals surface area (Å²) in [6, 6.07) is 19.2. The van der Waals surface area contributed by atoms with E-state index < -0.39 is 17.4 Å². The minimum atomic E-state index is -0.605. The number of hydrogen-bond donors (Lipinski definition) is 0. The molecule has 6 rings (SSSR count). The third-order valence-electron chi connectivity index (χ3n) is 9.41. The van der Waals surface area contributed by atoms with Gasteiger partial charge in [-0.15, -0.1) is 0 Å². The fourth-order valence-electron chi connectivity index (χ4n) is 6.51. The van der Waals surface area contributed by atoms with Crippen LogP contribution >= 0.6 is 0 Å². The van der Waals surface area contributed by atoms with Crippen molar-refractivity contribution < 1.29 is 33.3 Å². The van der Waals surface area contributed by atoms with Gasteiger partial charge >= 0.3 is 11.9 Å². The number of rotatable bonds is 12. The molecule has 0 radical (unpaired) electrons. The third kappa shape index (κ3) is 5.97. The second kappa shape index (κ2) is 10.6. The van der Waals surface area contributed by atoms with Crippen molar-refractivity contribution >= 4 is 11.9 Å². The molecule has 0 bridgehead atoms. The zero-order valence-electron chi connectivity index (χ0n) is 23.7. The fourth-order valence-corrected chi connectivity index (χ4v) is 6.51. The van der Waals surface area contributed by atoms with E-state index in [4.69, 9.17) is 23.7 Å². The summed E-state index contributed by atoms with van der Waals surface area (Å²) in [4.78, 5) is 26.7. The topological polar surface area (TPSA) is 90.2 Å². The van der Waals surface area contributed by atoms with Crippen molar-refractivity contribution in [3.05, 3.63) is 71.8 Å². The number of fused-ring (bicyclic) bond motifs is 1. The maximum absolute atomic E-state index is 13.4. The van der Waals surface area contributed by atoms with Crippen LogP contribution in [-0.2, 0) is 46.5 Å². The minimum absolute atomic E-state index is 0.000200. The van der Waals surface area contributed by atoms with Gasteiger partial charge in [-0.2, -0.15) is 0 Å². The van der Waals surface area contributed by atoms with Crippen molar-refractivity contribution in [1.29, 1.82) is 0 Å². The van der Waals surface area contributed by atoms with Crippen LogP contribution < -0.4 is 0 Å². The maximum Gasteiger partial charge on any atom is 0.310 e. The van der Waals surface area contributed by atoms with Crippen LogP contribution in [0.1, 0.15) is 70.4 Å². The van der Waals surface area contributed by atoms with E-state index in [9.17, 15) is 9.59 Å². The Balaban J connectivity index is 1.07. The van der Waals surface area contributed by atoms with Crippen molar-refractivity contribution in [1.82, 2.24) is 0 Å². The van der Waals surface area contributed by atoms with E-state index in [0.29, 0.717) is 18.9 Å². The lowest BCUT2D eigenvalue weighted by Gasteiger charge is -2.30. The first-order valence-corrected chi connectivity index (χ1v) is 14.6. The Hall–Kier alpha value is -2.74. The van der Waals surface area contributed by atoms with Crippen LogP contribution in [0.5, 0.6) is 0 Å². The lowest BCUT2D eigenvalue weighted by atomic mass is 9.72. The summed E-state index contributed by atoms with van der Waals surface area (Å²) >= 11 is 0. The molecule has 4 fully saturated rings. The Morgan fingerprint density at radius 2 is 1.30 bits per heavy atom. The quantitative estimate of drug-likeness (QED) is 0.254. The zero-order valence-corrected chi connectivity index (χ0v) is 23.7. The number of esters is 2. The molecular formula is C33H40O7. The fraction of sp³-hybridized carbons (Fsp3) is 0.576. The average Bonchev–Trinajstić information content (AvgIpc) is 3.90. The van der Waals surface area contributed by atoms with Crippen molar-refractivity contribution in [2.24, 2.45) is 11.8 Å². The van der Waals surface area contributed by atoms with E-state index in [-0.39, 0.29) is 48.6 Å². The first kappa shape index (κ1) is 27.4. The van der Waals surface area contributed by atoms with Gasteiger partial charge < -0.3 is 23.7 Å². The summed E-state index contributed by atoms with van der Waals surface area (Å²) in [5, 5.41) is 0. The molecule has 0 aromatic heterocycles. The van der Waals surface area contributed by atoms with Crippen molar-refractivity contribution in [2.45, 2.75) is 108 Å². The van der Waals surface area contributed by atoms with Crippen molar-refractivity contribution in [2.75, 3.05) is 0 Å². The number of benzene rings is 2. The van der Waals surface area contributed by atoms with E-state index in [0.717, 1.165) is 36.8 Å². The van der Waals surface area contributed by atoms with Gasteiger partial charge in [0.25, 0.3) is 0 Å². The van der Waals surface area contributed by atoms with Gasteiger partial charge in [0.05, 0.1) is 47.0 Å². The minimum Gasteiger partial charge on any atom is -0.461 e. The monoisotopic (exact) mass is 548 g/mol. The standard InChI is InChI=1S/C33H40O7/c1-31(2)26(38-31)14-16-32(3)27(39-32)15-17-33-19-25(30(35)37-21-23-12-8-5-9-13-23)24(18-28(33)40-33)29(34)36-20-22-10-6-4-7-11-22/h4-13,24-28H,14-21H2,1-3H3. The van der Waals surface area contributed by atoms with Gasteiger partial charge in [-0.05, 0) is 70.4 Å². The van der Waals surface area contributed by atoms with Crippen LogP contribution in [0.3, 0.4) is 0 Å². The molecule has 3 heterocycles. The molecule has 40 heavy (non-hydrogen) atoms. The lowest BCUT2D eigenvalue weighted by molar-refractivity contribution is -0.164. The molecule has 0 spiro atoms. The average molecular weight is 549 g/mol. The molecule has 3 saturated heterocycles. The summed E-state index contributed by atoms with van der Waals surface area (Å²) in [6.07, 6.45) is 5.05. The van der Waals surface area contributed by atoms with E-state index >= 15 is 0 Å². The molecule has 0 N–H and O–H groups in total. The van der Waals surface area contributed by atoms with Crippen molar-refractivity contribution in [3.8, 4) is 0 Å². The lowest BCUT2D eigenvalue weighted by Crippen LogP contribution is -2.41. The molecule has 0 amide bonds. The van der Waals surface area contributed by atoms with E-state index in [1.807, 2.05) is 60.7 Å². The van der Waals surface area contributed by atoms with E-state index in [2.05, 4.69) is 20.8 Å². The molecule has 7 atom stereocenters. The van der Waals surface area contributed by atoms with Gasteiger partial charge in [-0.1, -0.05) is 60.7 Å². The van der Waals surface area contributed by atoms with Crippen LogP contribution in [0.4, 0.5) is 0 Å². The summed E-state index contributed by atoms with van der Waals surface area (Å²) in [6.45, 7) is 6.79. The molecule has 7 heteroatoms. The first-order chi connectivity index (χ1) is 19.2. The summed E-state index contributed by atoms with van der Waals surface area (Å²) < 4.78 is 29.5. The van der Waals surface area contributed by atoms with Gasteiger partial charge in [0.1, 0.15) is 13.2 Å². The molecule has 7 unspecified atom stereocenters. The number of carbonyl (C=O) groups excluding carboxylic acids is 2. The van der Waals surface area contributed by atoms with Crippen LogP contribution in [0.2, 0.25) is 0 Å². The second-order valence-corrected chi connectivity index (χ2v) is 12.7. The zero-order chi connectivity index (χ0) is 28.0. The van der Waals surface area contributed by atoms with Crippen LogP contribution in [0.15, 0.2) is 60.7 Å². The highest BCUT2D eigenvalue weighted by atomic mass is 16.6. The number of epoxide rings is 3. The molecule has 7 nitrogen and oxygen atoms in total. The molecule has 2 aromatic rings. The molecule has 3 aliphatic heterocycles. The van der Waals surface area contributed by atoms with Crippen LogP contribution in [0.25, 0.3) is 0 Å². The summed E-state index contributed by atoms with van der Waals surface area (Å²) in [7, 11) is 0. The normalized spacial score (nSPS) is 34.8. The van der Waals surface area contributed by atoms with Gasteiger partial charge in [-0.3, -0.25) is 9.59 Å². The number of carbonyl (C=O) groups is 2. The Bertz CT molecular complexity index is 1210. The van der Waals surface area contributed by atoms with Gasteiger partial charge in [-0.25, -0.2) is 0 Å². The van der Waals surface area contributed by atoms with E-state index in [1.165, 1.54) is 0 Å². The molecule has 214 valence electrons. The first-order valence-electron chi connectivity index (χ1n) is 14.6. The molecule has 2 aromatic carbocycles. The Morgan fingerprint density at radius 1 is 0.750 bits per heavy atom. The second-order valence-electron chi connectivity index (χ2n) is 12.7. The van der Waals surface area contributed by atoms with Crippen LogP contribution in [-0.4, -0.2) is 47.1 Å². The molecule has 1 aliphatic carbocycles. The third-order valence-corrected chi connectivity index (χ3v) is 9.41. The Labute approximate surface area is 236 Å². The number of hydrogen-bond acceptors (Lipinski definition) is 7. The highest BCUT2D eigenvalue weighted by molar-refractivity contribution is 5.83. The predicted molar refractivity (Wildman–Crippen MR) is 147 cm³/mol. The maximum atomic E-state index is 13.4. The summed E-state index contributed by atoms with van der Waals surface area (Å²) in [5.74, 6) is -1.92.